The molecule has 1 aliphatic heterocycles. The first-order valence-corrected chi connectivity index (χ1v) is 7.18. The number of likely N-dealkylation sites (tertiary alicyclic amines) is 1. The molecular formula is C14H23N3O3. The van der Waals surface area contributed by atoms with E-state index in [1.807, 2.05) is 0 Å². The highest BCUT2D eigenvalue weighted by molar-refractivity contribution is 5.89. The Morgan fingerprint density at radius 2 is 2.45 bits per heavy atom. The zero-order valence-corrected chi connectivity index (χ0v) is 12.1. The number of carbonyl (C=O) groups is 1. The van der Waals surface area contributed by atoms with Gasteiger partial charge in [-0.1, -0.05) is 12.1 Å². The summed E-state index contributed by atoms with van der Waals surface area (Å²) >= 11 is 0. The van der Waals surface area contributed by atoms with Crippen molar-refractivity contribution < 1.29 is 14.4 Å². The number of carbonyl (C=O) groups excluding carboxylic acids is 1. The molecule has 2 rings (SSSR count). The van der Waals surface area contributed by atoms with Crippen LogP contribution >= 0.6 is 0 Å². The van der Waals surface area contributed by atoms with Gasteiger partial charge in [0.05, 0.1) is 6.61 Å². The van der Waals surface area contributed by atoms with Crippen LogP contribution in [-0.2, 0) is 4.79 Å². The van der Waals surface area contributed by atoms with Crippen molar-refractivity contribution >= 4 is 11.7 Å². The lowest BCUT2D eigenvalue weighted by atomic mass is 9.91. The Kier molecular flexibility index (Phi) is 5.14. The zero-order chi connectivity index (χ0) is 14.5. The molecule has 1 aromatic heterocycles. The molecular weight excluding hydrogens is 258 g/mol. The maximum atomic E-state index is 11.9. The zero-order valence-electron chi connectivity index (χ0n) is 12.1. The van der Waals surface area contributed by atoms with E-state index in [1.165, 1.54) is 0 Å². The van der Waals surface area contributed by atoms with Gasteiger partial charge in [0.2, 0.25) is 5.91 Å². The highest BCUT2D eigenvalue weighted by atomic mass is 16.5. The summed E-state index contributed by atoms with van der Waals surface area (Å²) in [4.78, 5) is 14.1. The SMILES string of the molecule is Cc1cc(NC(=O)CCN2CCCC(C)C2CO)no1. The smallest absolute Gasteiger partial charge is 0.226 e. The van der Waals surface area contributed by atoms with Gasteiger partial charge in [0.15, 0.2) is 5.82 Å². The van der Waals surface area contributed by atoms with Gasteiger partial charge in [-0.2, -0.15) is 0 Å². The van der Waals surface area contributed by atoms with E-state index in [9.17, 15) is 9.90 Å². The number of rotatable bonds is 5. The number of nitrogens with zero attached hydrogens (tertiary/aromatic N) is 2. The summed E-state index contributed by atoms with van der Waals surface area (Å²) in [6, 6.07) is 1.86. The predicted molar refractivity (Wildman–Crippen MR) is 75.3 cm³/mol. The van der Waals surface area contributed by atoms with Crippen LogP contribution in [-0.4, -0.2) is 46.8 Å². The van der Waals surface area contributed by atoms with Crippen molar-refractivity contribution in [1.82, 2.24) is 10.1 Å². The summed E-state index contributed by atoms with van der Waals surface area (Å²) in [5, 5.41) is 15.9. The fourth-order valence-electron chi connectivity index (χ4n) is 2.78. The Morgan fingerprint density at radius 1 is 1.65 bits per heavy atom. The lowest BCUT2D eigenvalue weighted by Gasteiger charge is -2.38. The molecule has 0 saturated carbocycles. The Hall–Kier alpha value is -1.40. The maximum absolute atomic E-state index is 11.9. The molecule has 2 N–H and O–H groups in total. The topological polar surface area (TPSA) is 78.6 Å². The minimum Gasteiger partial charge on any atom is -0.395 e. The van der Waals surface area contributed by atoms with Crippen molar-refractivity contribution in [3.63, 3.8) is 0 Å². The molecule has 6 heteroatoms. The molecule has 2 unspecified atom stereocenters. The Morgan fingerprint density at radius 3 is 3.10 bits per heavy atom. The van der Waals surface area contributed by atoms with Gasteiger partial charge in [-0.3, -0.25) is 9.69 Å². The predicted octanol–water partition coefficient (Wildman–Crippen LogP) is 1.40. The number of aryl methyl sites for hydroxylation is 1. The molecule has 0 aromatic carbocycles. The lowest BCUT2D eigenvalue weighted by molar-refractivity contribution is -0.116. The van der Waals surface area contributed by atoms with Crippen LogP contribution in [0.2, 0.25) is 0 Å². The highest BCUT2D eigenvalue weighted by Gasteiger charge is 2.27. The van der Waals surface area contributed by atoms with Crippen molar-refractivity contribution in [2.75, 3.05) is 25.0 Å². The van der Waals surface area contributed by atoms with Gasteiger partial charge in [0.25, 0.3) is 0 Å². The number of piperidine rings is 1. The molecule has 112 valence electrons. The molecule has 0 spiro atoms. The van der Waals surface area contributed by atoms with Crippen LogP contribution in [0, 0.1) is 12.8 Å². The van der Waals surface area contributed by atoms with Gasteiger partial charge >= 0.3 is 0 Å². The molecule has 2 atom stereocenters. The monoisotopic (exact) mass is 281 g/mol. The van der Waals surface area contributed by atoms with E-state index in [0.717, 1.165) is 19.4 Å². The fraction of sp³-hybridized carbons (Fsp3) is 0.714. The summed E-state index contributed by atoms with van der Waals surface area (Å²) in [7, 11) is 0. The standard InChI is InChI=1S/C14H23N3O3/c1-10-4-3-6-17(12(10)9-18)7-5-14(19)15-13-8-11(2)20-16-13/h8,10,12,18H,3-7,9H2,1-2H3,(H,15,16,19). The third kappa shape index (κ3) is 3.80. The molecule has 1 fully saturated rings. The van der Waals surface area contributed by atoms with Crippen molar-refractivity contribution in [1.29, 1.82) is 0 Å². The molecule has 6 nitrogen and oxygen atoms in total. The third-order valence-electron chi connectivity index (χ3n) is 3.94. The van der Waals surface area contributed by atoms with E-state index in [4.69, 9.17) is 4.52 Å². The second kappa shape index (κ2) is 6.85. The quantitative estimate of drug-likeness (QED) is 0.853. The Bertz CT molecular complexity index is 447. The lowest BCUT2D eigenvalue weighted by Crippen LogP contribution is -2.47. The number of aliphatic hydroxyl groups excluding tert-OH is 1. The van der Waals surface area contributed by atoms with Crippen molar-refractivity contribution in [2.45, 2.75) is 39.2 Å². The van der Waals surface area contributed by atoms with E-state index in [0.29, 0.717) is 30.5 Å². The third-order valence-corrected chi connectivity index (χ3v) is 3.94. The van der Waals surface area contributed by atoms with Gasteiger partial charge in [-0.25, -0.2) is 0 Å². The van der Waals surface area contributed by atoms with Crippen molar-refractivity contribution in [3.05, 3.63) is 11.8 Å². The summed E-state index contributed by atoms with van der Waals surface area (Å²) < 4.78 is 4.90. The van der Waals surface area contributed by atoms with E-state index in [2.05, 4.69) is 22.3 Å². The largest absolute Gasteiger partial charge is 0.395 e. The molecule has 0 aliphatic carbocycles. The molecule has 20 heavy (non-hydrogen) atoms. The summed E-state index contributed by atoms with van der Waals surface area (Å²) in [6.45, 7) is 5.71. The Labute approximate surface area is 119 Å². The molecule has 0 radical (unpaired) electrons. The summed E-state index contributed by atoms with van der Waals surface area (Å²) in [5.74, 6) is 1.53. The highest BCUT2D eigenvalue weighted by Crippen LogP contribution is 2.23. The first kappa shape index (κ1) is 15.0. The number of aliphatic hydroxyl groups is 1. The number of hydrogen-bond acceptors (Lipinski definition) is 5. The molecule has 1 aliphatic rings. The Balaban J connectivity index is 1.80. The number of anilines is 1. The first-order chi connectivity index (χ1) is 9.60. The molecule has 2 heterocycles. The molecule has 1 saturated heterocycles. The maximum Gasteiger partial charge on any atom is 0.226 e. The number of aromatic nitrogens is 1. The molecule has 1 aromatic rings. The number of nitrogens with one attached hydrogen (secondary N) is 1. The van der Waals surface area contributed by atoms with Crippen molar-refractivity contribution in [3.8, 4) is 0 Å². The van der Waals surface area contributed by atoms with Gasteiger partial charge in [-0.05, 0) is 32.2 Å². The average molecular weight is 281 g/mol. The van der Waals surface area contributed by atoms with Crippen LogP contribution in [0.5, 0.6) is 0 Å². The second-order valence-corrected chi connectivity index (χ2v) is 5.53. The number of amides is 1. The van der Waals surface area contributed by atoms with Gasteiger partial charge in [0, 0.05) is 25.1 Å². The summed E-state index contributed by atoms with van der Waals surface area (Å²) in [6.07, 6.45) is 2.67. The average Bonchev–Trinajstić information content (AvgIpc) is 2.81. The van der Waals surface area contributed by atoms with Crippen LogP contribution in [0.15, 0.2) is 10.6 Å². The minimum atomic E-state index is -0.0757. The van der Waals surface area contributed by atoms with Crippen LogP contribution < -0.4 is 5.32 Å². The summed E-state index contributed by atoms with van der Waals surface area (Å²) in [5.41, 5.74) is 0. The van der Waals surface area contributed by atoms with E-state index in [1.54, 1.807) is 13.0 Å². The van der Waals surface area contributed by atoms with Crippen LogP contribution in [0.1, 0.15) is 31.9 Å². The fourth-order valence-corrected chi connectivity index (χ4v) is 2.78. The first-order valence-electron chi connectivity index (χ1n) is 7.18. The minimum absolute atomic E-state index is 0.0757. The van der Waals surface area contributed by atoms with Gasteiger partial charge in [0.1, 0.15) is 5.76 Å². The van der Waals surface area contributed by atoms with Gasteiger partial charge in [-0.15, -0.1) is 0 Å². The second-order valence-electron chi connectivity index (χ2n) is 5.53. The van der Waals surface area contributed by atoms with Crippen LogP contribution in [0.25, 0.3) is 0 Å². The van der Waals surface area contributed by atoms with E-state index >= 15 is 0 Å². The van der Waals surface area contributed by atoms with E-state index < -0.39 is 0 Å². The van der Waals surface area contributed by atoms with Crippen molar-refractivity contribution in [2.24, 2.45) is 5.92 Å². The molecule has 1 amide bonds. The van der Waals surface area contributed by atoms with Crippen LogP contribution in [0.3, 0.4) is 0 Å². The van der Waals surface area contributed by atoms with Gasteiger partial charge < -0.3 is 14.9 Å². The van der Waals surface area contributed by atoms with E-state index in [-0.39, 0.29) is 18.6 Å². The van der Waals surface area contributed by atoms with Crippen LogP contribution in [0.4, 0.5) is 5.82 Å². The normalized spacial score (nSPS) is 23.8. The number of hydrogen-bond donors (Lipinski definition) is 2. The molecule has 0 bridgehead atoms.